The van der Waals surface area contributed by atoms with Gasteiger partial charge in [0, 0.05) is 0 Å². The first-order valence-corrected chi connectivity index (χ1v) is 3.79. The predicted molar refractivity (Wildman–Crippen MR) is 48.9 cm³/mol. The minimum absolute atomic E-state index is 0.543. The fourth-order valence-electron chi connectivity index (χ4n) is 1.09. The van der Waals surface area contributed by atoms with Crippen LogP contribution in [-0.4, -0.2) is 21.4 Å². The Hall–Kier alpha value is -1.97. The third-order valence-corrected chi connectivity index (χ3v) is 1.66. The molecule has 1 N–H and O–H groups in total. The Morgan fingerprint density at radius 1 is 1.23 bits per heavy atom. The van der Waals surface area contributed by atoms with E-state index in [2.05, 4.69) is 15.1 Å². The zero-order chi connectivity index (χ0) is 9.10. The fourth-order valence-corrected chi connectivity index (χ4v) is 1.09. The topological polar surface area (TPSA) is 58.4 Å². The molecule has 0 aliphatic rings. The van der Waals surface area contributed by atoms with Gasteiger partial charge in [0.25, 0.3) is 0 Å². The van der Waals surface area contributed by atoms with Crippen molar-refractivity contribution in [3.63, 3.8) is 0 Å². The Bertz CT molecular complexity index is 453. The minimum Gasteiger partial charge on any atom is -0.411 e. The lowest BCUT2D eigenvalue weighted by Crippen LogP contribution is -1.90. The van der Waals surface area contributed by atoms with Crippen LogP contribution in [0.15, 0.2) is 35.6 Å². The molecule has 0 bridgehead atoms. The molecule has 0 aliphatic carbocycles. The third kappa shape index (κ3) is 1.46. The van der Waals surface area contributed by atoms with Crippen LogP contribution in [0.3, 0.4) is 0 Å². The van der Waals surface area contributed by atoms with E-state index in [1.165, 1.54) is 6.21 Å². The summed E-state index contributed by atoms with van der Waals surface area (Å²) in [6.07, 6.45) is 2.81. The summed E-state index contributed by atoms with van der Waals surface area (Å²) in [7, 11) is 0. The highest BCUT2D eigenvalue weighted by molar-refractivity contribution is 5.81. The summed E-state index contributed by atoms with van der Waals surface area (Å²) in [5.74, 6) is 0. The second-order valence-electron chi connectivity index (χ2n) is 2.53. The number of oxime groups is 1. The molecule has 1 aromatic heterocycles. The number of benzene rings is 1. The number of hydrogen-bond acceptors (Lipinski definition) is 4. The van der Waals surface area contributed by atoms with E-state index >= 15 is 0 Å². The second kappa shape index (κ2) is 3.18. The first-order valence-electron chi connectivity index (χ1n) is 3.79. The average Bonchev–Trinajstić information content (AvgIpc) is 2.18. The van der Waals surface area contributed by atoms with Crippen molar-refractivity contribution in [1.82, 2.24) is 9.97 Å². The van der Waals surface area contributed by atoms with E-state index in [1.807, 2.05) is 24.3 Å². The molecular weight excluding hydrogens is 166 g/mol. The summed E-state index contributed by atoms with van der Waals surface area (Å²) in [6.45, 7) is 0. The van der Waals surface area contributed by atoms with Crippen LogP contribution in [0.5, 0.6) is 0 Å². The quantitative estimate of drug-likeness (QED) is 0.403. The van der Waals surface area contributed by atoms with Gasteiger partial charge in [-0.1, -0.05) is 17.3 Å². The molecule has 64 valence electrons. The molecule has 0 radical (unpaired) electrons. The van der Waals surface area contributed by atoms with Gasteiger partial charge in [0.2, 0.25) is 0 Å². The predicted octanol–water partition coefficient (Wildman–Crippen LogP) is 1.44. The lowest BCUT2D eigenvalue weighted by atomic mass is 10.3. The lowest BCUT2D eigenvalue weighted by molar-refractivity contribution is 0.321. The van der Waals surface area contributed by atoms with E-state index in [0.717, 1.165) is 11.0 Å². The monoisotopic (exact) mass is 173 g/mol. The highest BCUT2D eigenvalue weighted by Crippen LogP contribution is 2.06. The standard InChI is InChI=1S/C9H7N3O/c13-11-6-7-5-10-8-3-1-2-4-9(8)12-7/h1-6,13H/b11-6-. The van der Waals surface area contributed by atoms with Crippen molar-refractivity contribution in [2.75, 3.05) is 0 Å². The lowest BCUT2D eigenvalue weighted by Gasteiger charge is -1.95. The summed E-state index contributed by atoms with van der Waals surface area (Å²) in [6, 6.07) is 7.52. The second-order valence-corrected chi connectivity index (χ2v) is 2.53. The van der Waals surface area contributed by atoms with Crippen LogP contribution in [0.2, 0.25) is 0 Å². The Balaban J connectivity index is 2.62. The highest BCUT2D eigenvalue weighted by atomic mass is 16.4. The van der Waals surface area contributed by atoms with Crippen molar-refractivity contribution >= 4 is 17.2 Å². The molecule has 2 rings (SSSR count). The van der Waals surface area contributed by atoms with E-state index in [-0.39, 0.29) is 0 Å². The Morgan fingerprint density at radius 2 is 2.00 bits per heavy atom. The molecule has 4 nitrogen and oxygen atoms in total. The van der Waals surface area contributed by atoms with Gasteiger partial charge in [-0.3, -0.25) is 4.98 Å². The summed E-state index contributed by atoms with van der Waals surface area (Å²) >= 11 is 0. The van der Waals surface area contributed by atoms with Crippen molar-refractivity contribution in [3.8, 4) is 0 Å². The van der Waals surface area contributed by atoms with E-state index < -0.39 is 0 Å². The molecule has 0 saturated carbocycles. The van der Waals surface area contributed by atoms with Crippen LogP contribution in [0, 0.1) is 0 Å². The average molecular weight is 173 g/mol. The summed E-state index contributed by atoms with van der Waals surface area (Å²) < 4.78 is 0. The molecule has 1 aromatic carbocycles. The maximum absolute atomic E-state index is 8.29. The fraction of sp³-hybridized carbons (Fsp3) is 0. The van der Waals surface area contributed by atoms with Gasteiger partial charge in [0.05, 0.1) is 23.4 Å². The van der Waals surface area contributed by atoms with Crippen LogP contribution in [0.25, 0.3) is 11.0 Å². The van der Waals surface area contributed by atoms with Gasteiger partial charge in [-0.05, 0) is 12.1 Å². The molecule has 4 heteroatoms. The number of hydrogen-bond donors (Lipinski definition) is 1. The molecular formula is C9H7N3O. The van der Waals surface area contributed by atoms with Crippen molar-refractivity contribution in [3.05, 3.63) is 36.2 Å². The van der Waals surface area contributed by atoms with E-state index in [4.69, 9.17) is 5.21 Å². The smallest absolute Gasteiger partial charge is 0.104 e. The van der Waals surface area contributed by atoms with Crippen LogP contribution >= 0.6 is 0 Å². The van der Waals surface area contributed by atoms with Gasteiger partial charge in [-0.2, -0.15) is 0 Å². The van der Waals surface area contributed by atoms with Crippen LogP contribution in [0.4, 0.5) is 0 Å². The zero-order valence-electron chi connectivity index (χ0n) is 6.75. The summed E-state index contributed by atoms with van der Waals surface area (Å²) in [4.78, 5) is 8.33. The van der Waals surface area contributed by atoms with Crippen LogP contribution < -0.4 is 0 Å². The van der Waals surface area contributed by atoms with Gasteiger partial charge >= 0.3 is 0 Å². The maximum Gasteiger partial charge on any atom is 0.104 e. The largest absolute Gasteiger partial charge is 0.411 e. The summed E-state index contributed by atoms with van der Waals surface area (Å²) in [5, 5.41) is 11.2. The molecule has 0 unspecified atom stereocenters. The Kier molecular flexibility index (Phi) is 1.88. The first kappa shape index (κ1) is 7.67. The maximum atomic E-state index is 8.29. The molecule has 0 aliphatic heterocycles. The van der Waals surface area contributed by atoms with Crippen molar-refractivity contribution in [2.45, 2.75) is 0 Å². The first-order chi connectivity index (χ1) is 6.40. The minimum atomic E-state index is 0.543. The van der Waals surface area contributed by atoms with Crippen molar-refractivity contribution < 1.29 is 5.21 Å². The number of rotatable bonds is 1. The van der Waals surface area contributed by atoms with Gasteiger partial charge < -0.3 is 5.21 Å². The number of nitrogens with zero attached hydrogens (tertiary/aromatic N) is 3. The van der Waals surface area contributed by atoms with Gasteiger partial charge in [0.1, 0.15) is 5.69 Å². The molecule has 13 heavy (non-hydrogen) atoms. The molecule has 0 spiro atoms. The Labute approximate surface area is 74.6 Å². The van der Waals surface area contributed by atoms with E-state index in [0.29, 0.717) is 5.69 Å². The van der Waals surface area contributed by atoms with Crippen LogP contribution in [0.1, 0.15) is 5.69 Å². The van der Waals surface area contributed by atoms with E-state index in [1.54, 1.807) is 6.20 Å². The Morgan fingerprint density at radius 3 is 2.77 bits per heavy atom. The molecule has 0 amide bonds. The molecule has 0 saturated heterocycles. The van der Waals surface area contributed by atoms with Crippen molar-refractivity contribution in [1.29, 1.82) is 0 Å². The highest BCUT2D eigenvalue weighted by Gasteiger charge is 1.95. The molecule has 2 aromatic rings. The number of aromatic nitrogens is 2. The molecule has 0 fully saturated rings. The van der Waals surface area contributed by atoms with Crippen LogP contribution in [-0.2, 0) is 0 Å². The normalized spacial score (nSPS) is 11.1. The van der Waals surface area contributed by atoms with Gasteiger partial charge in [-0.25, -0.2) is 4.98 Å². The van der Waals surface area contributed by atoms with Crippen molar-refractivity contribution in [2.24, 2.45) is 5.16 Å². The van der Waals surface area contributed by atoms with E-state index in [9.17, 15) is 0 Å². The number of para-hydroxylation sites is 2. The number of fused-ring (bicyclic) bond motifs is 1. The SMILES string of the molecule is O/N=C\c1cnc2ccccc2n1. The third-order valence-electron chi connectivity index (χ3n) is 1.66. The summed E-state index contributed by atoms with van der Waals surface area (Å²) in [5.41, 5.74) is 2.17. The molecule has 0 atom stereocenters. The van der Waals surface area contributed by atoms with Gasteiger partial charge in [0.15, 0.2) is 0 Å². The van der Waals surface area contributed by atoms with Gasteiger partial charge in [-0.15, -0.1) is 0 Å². The molecule has 1 heterocycles. The zero-order valence-corrected chi connectivity index (χ0v) is 6.75.